The predicted molar refractivity (Wildman–Crippen MR) is 54.8 cm³/mol. The van der Waals surface area contributed by atoms with E-state index in [-0.39, 0.29) is 0 Å². The summed E-state index contributed by atoms with van der Waals surface area (Å²) < 4.78 is 30.1. The normalized spacial score (nSPS) is 11.7. The highest BCUT2D eigenvalue weighted by Gasteiger charge is 1.93. The van der Waals surface area contributed by atoms with Gasteiger partial charge in [-0.25, -0.2) is 4.98 Å². The maximum absolute atomic E-state index is 12.5. The second-order valence-electron chi connectivity index (χ2n) is 2.59. The van der Waals surface area contributed by atoms with Gasteiger partial charge in [-0.15, -0.1) is 0 Å². The Morgan fingerprint density at radius 2 is 1.87 bits per heavy atom. The molecule has 0 aliphatic rings. The van der Waals surface area contributed by atoms with Crippen molar-refractivity contribution in [1.29, 1.82) is 0 Å². The van der Waals surface area contributed by atoms with E-state index in [1.165, 1.54) is 6.07 Å². The van der Waals surface area contributed by atoms with Gasteiger partial charge < -0.3 is 4.55 Å². The third-order valence-electron chi connectivity index (χ3n) is 1.56. The molecule has 80 valence electrons. The minimum atomic E-state index is -2.36. The van der Waals surface area contributed by atoms with Crippen LogP contribution in [0.1, 0.15) is 0 Å². The number of nitrogens with zero attached hydrogens (tertiary/aromatic N) is 1. The van der Waals surface area contributed by atoms with Gasteiger partial charge in [-0.1, -0.05) is 18.2 Å². The molecule has 0 amide bonds. The highest BCUT2D eigenvalue weighted by atomic mass is 32.2. The molecule has 1 atom stereocenters. The lowest BCUT2D eigenvalue weighted by Crippen LogP contribution is -1.97. The number of fused-ring (bicyclic) bond motifs is 1. The predicted octanol–water partition coefficient (Wildman–Crippen LogP) is 1.11. The first kappa shape index (κ1) is 11.7. The fourth-order valence-corrected chi connectivity index (χ4v) is 1.04. The van der Waals surface area contributed by atoms with E-state index in [9.17, 15) is 4.39 Å². The topological polar surface area (TPSA) is 79.0 Å². The lowest BCUT2D eigenvalue weighted by atomic mass is 10.2. The molecule has 0 bridgehead atoms. The second kappa shape index (κ2) is 5.50. The molecular weight excluding hydrogens is 219 g/mol. The third-order valence-corrected chi connectivity index (χ3v) is 1.56. The molecule has 4 nitrogen and oxygen atoms in total. The molecule has 2 aromatic rings. The Labute approximate surface area is 88.4 Å². The summed E-state index contributed by atoms with van der Waals surface area (Å²) in [5, 5.41) is 4.99. The zero-order valence-corrected chi connectivity index (χ0v) is 8.41. The molecule has 0 fully saturated rings. The summed E-state index contributed by atoms with van der Waals surface area (Å²) in [5.41, 5.74) is 0.701. The van der Waals surface area contributed by atoms with E-state index >= 15 is 0 Å². The van der Waals surface area contributed by atoms with Crippen LogP contribution < -0.4 is 5.14 Å². The van der Waals surface area contributed by atoms with Crippen LogP contribution in [0.3, 0.4) is 0 Å². The van der Waals surface area contributed by atoms with Crippen LogP contribution in [0.25, 0.3) is 10.9 Å². The van der Waals surface area contributed by atoms with Crippen LogP contribution in [0.4, 0.5) is 4.39 Å². The van der Waals surface area contributed by atoms with Crippen molar-refractivity contribution in [3.05, 3.63) is 42.3 Å². The van der Waals surface area contributed by atoms with Crippen molar-refractivity contribution in [3.8, 4) is 0 Å². The lowest BCUT2D eigenvalue weighted by molar-refractivity contribution is 0.538. The Balaban J connectivity index is 0.000000245. The van der Waals surface area contributed by atoms with Gasteiger partial charge in [0, 0.05) is 16.7 Å². The minimum Gasteiger partial charge on any atom is -0.760 e. The number of para-hydroxylation sites is 1. The fraction of sp³-hybridized carbons (Fsp3) is 0. The fourth-order valence-electron chi connectivity index (χ4n) is 1.04. The van der Waals surface area contributed by atoms with Crippen molar-refractivity contribution < 1.29 is 13.2 Å². The molecule has 0 saturated carbocycles. The van der Waals surface area contributed by atoms with Gasteiger partial charge in [-0.3, -0.25) is 9.35 Å². The van der Waals surface area contributed by atoms with Crippen LogP contribution in [0.2, 0.25) is 0 Å². The van der Waals surface area contributed by atoms with E-state index in [2.05, 4.69) is 10.1 Å². The maximum Gasteiger partial charge on any atom is 0.213 e. The number of rotatable bonds is 0. The summed E-state index contributed by atoms with van der Waals surface area (Å²) in [5.74, 6) is -0.427. The van der Waals surface area contributed by atoms with Crippen LogP contribution in [-0.2, 0) is 11.3 Å². The van der Waals surface area contributed by atoms with Crippen molar-refractivity contribution in [2.45, 2.75) is 0 Å². The molecule has 0 aliphatic heterocycles. The number of hydrogen-bond acceptors (Lipinski definition) is 3. The molecular formula is C9H8FN2O2S-. The smallest absolute Gasteiger partial charge is 0.213 e. The molecule has 1 aromatic heterocycles. The van der Waals surface area contributed by atoms with Gasteiger partial charge in [0.25, 0.3) is 0 Å². The summed E-state index contributed by atoms with van der Waals surface area (Å²) in [6.07, 6.45) is 0. The first-order chi connectivity index (χ1) is 7.09. The van der Waals surface area contributed by atoms with E-state index in [0.29, 0.717) is 5.52 Å². The van der Waals surface area contributed by atoms with Gasteiger partial charge in [0.05, 0.1) is 5.52 Å². The summed E-state index contributed by atoms with van der Waals surface area (Å²) in [6.45, 7) is 0. The van der Waals surface area contributed by atoms with Crippen LogP contribution in [0.5, 0.6) is 0 Å². The monoisotopic (exact) mass is 227 g/mol. The van der Waals surface area contributed by atoms with E-state index < -0.39 is 17.2 Å². The molecule has 6 heteroatoms. The Morgan fingerprint density at radius 1 is 1.27 bits per heavy atom. The van der Waals surface area contributed by atoms with Crippen LogP contribution in [0.15, 0.2) is 36.4 Å². The second-order valence-corrected chi connectivity index (χ2v) is 3.11. The Bertz CT molecular complexity index is 474. The van der Waals surface area contributed by atoms with Gasteiger partial charge in [-0.05, 0) is 18.2 Å². The zero-order valence-electron chi connectivity index (χ0n) is 7.59. The molecule has 0 radical (unpaired) electrons. The van der Waals surface area contributed by atoms with Crippen molar-refractivity contribution in [3.63, 3.8) is 0 Å². The number of hydrogen-bond donors (Lipinski definition) is 1. The maximum atomic E-state index is 12.5. The summed E-state index contributed by atoms with van der Waals surface area (Å²) in [4.78, 5) is 3.71. The summed E-state index contributed by atoms with van der Waals surface area (Å²) in [7, 11) is 0. The summed E-state index contributed by atoms with van der Waals surface area (Å²) in [6, 6.07) is 10.5. The average Bonchev–Trinajstić information content (AvgIpc) is 2.16. The standard InChI is InChI=1S/C9H6FN.H3NO2S/c10-9-6-5-7-3-1-2-4-8(7)11-9;1-4(2)3/h1-6H;1H2,(H,2,3)/p-1. The van der Waals surface area contributed by atoms with Gasteiger partial charge >= 0.3 is 0 Å². The first-order valence-electron chi connectivity index (χ1n) is 3.94. The van der Waals surface area contributed by atoms with Crippen molar-refractivity contribution in [2.24, 2.45) is 5.14 Å². The highest BCUT2D eigenvalue weighted by Crippen LogP contribution is 2.10. The van der Waals surface area contributed by atoms with Crippen LogP contribution >= 0.6 is 0 Å². The SMILES string of the molecule is Fc1ccc2ccccc2n1.NS(=O)[O-]. The van der Waals surface area contributed by atoms with Gasteiger partial charge in [0.15, 0.2) is 0 Å². The number of benzene rings is 1. The highest BCUT2D eigenvalue weighted by molar-refractivity contribution is 7.76. The first-order valence-corrected chi connectivity index (χ1v) is 5.08. The van der Waals surface area contributed by atoms with Gasteiger partial charge in [0.1, 0.15) is 0 Å². The van der Waals surface area contributed by atoms with E-state index in [1.807, 2.05) is 18.2 Å². The molecule has 15 heavy (non-hydrogen) atoms. The average molecular weight is 227 g/mol. The molecule has 2 N–H and O–H groups in total. The van der Waals surface area contributed by atoms with Crippen molar-refractivity contribution in [1.82, 2.24) is 4.98 Å². The molecule has 1 unspecified atom stereocenters. The third kappa shape index (κ3) is 4.11. The van der Waals surface area contributed by atoms with E-state index in [1.54, 1.807) is 12.1 Å². The number of pyridine rings is 1. The van der Waals surface area contributed by atoms with Gasteiger partial charge in [0.2, 0.25) is 5.95 Å². The zero-order chi connectivity index (χ0) is 11.3. The Kier molecular flexibility index (Phi) is 4.29. The number of halogens is 1. The largest absolute Gasteiger partial charge is 0.760 e. The Hall–Kier alpha value is -1.37. The Morgan fingerprint density at radius 3 is 2.53 bits per heavy atom. The molecule has 1 heterocycles. The number of aromatic nitrogens is 1. The van der Waals surface area contributed by atoms with Crippen LogP contribution in [0, 0.1) is 5.95 Å². The van der Waals surface area contributed by atoms with Crippen LogP contribution in [-0.4, -0.2) is 13.7 Å². The number of nitrogens with two attached hydrogens (primary N) is 1. The van der Waals surface area contributed by atoms with E-state index in [4.69, 9.17) is 8.76 Å². The summed E-state index contributed by atoms with van der Waals surface area (Å²) >= 11 is -2.36. The lowest BCUT2D eigenvalue weighted by Gasteiger charge is -1.93. The van der Waals surface area contributed by atoms with Gasteiger partial charge in [-0.2, -0.15) is 4.39 Å². The quantitative estimate of drug-likeness (QED) is 0.541. The van der Waals surface area contributed by atoms with E-state index in [0.717, 1.165) is 5.39 Å². The minimum absolute atomic E-state index is 0.427. The van der Waals surface area contributed by atoms with Crippen molar-refractivity contribution >= 4 is 22.2 Å². The molecule has 0 saturated heterocycles. The molecule has 0 aliphatic carbocycles. The van der Waals surface area contributed by atoms with Crippen molar-refractivity contribution in [2.75, 3.05) is 0 Å². The molecule has 0 spiro atoms. The molecule has 2 rings (SSSR count). The molecule has 1 aromatic carbocycles.